The summed E-state index contributed by atoms with van der Waals surface area (Å²) in [6.07, 6.45) is 0.943. The topological polar surface area (TPSA) is 64.9 Å². The molecule has 0 fully saturated rings. The SMILES string of the molecule is N#CCNC(=O)C1NCCc2ccccc21. The lowest BCUT2D eigenvalue weighted by molar-refractivity contribution is -0.123. The largest absolute Gasteiger partial charge is 0.341 e. The first-order valence-corrected chi connectivity index (χ1v) is 5.29. The molecule has 0 bridgehead atoms. The fraction of sp³-hybridized carbons (Fsp3) is 0.333. The summed E-state index contributed by atoms with van der Waals surface area (Å²) in [5.41, 5.74) is 2.22. The first-order valence-electron chi connectivity index (χ1n) is 5.29. The zero-order chi connectivity index (χ0) is 11.4. The molecule has 1 amide bonds. The van der Waals surface area contributed by atoms with Crippen molar-refractivity contribution < 1.29 is 4.79 Å². The Labute approximate surface area is 94.3 Å². The molecule has 2 N–H and O–H groups in total. The number of hydrogen-bond acceptors (Lipinski definition) is 3. The standard InChI is InChI=1S/C12H13N3O/c13-6-8-15-12(16)11-10-4-2-1-3-9(10)5-7-14-11/h1-4,11,14H,5,7-8H2,(H,15,16). The van der Waals surface area contributed by atoms with Crippen LogP contribution in [-0.2, 0) is 11.2 Å². The third kappa shape index (κ3) is 2.05. The minimum atomic E-state index is -0.321. The second-order valence-electron chi connectivity index (χ2n) is 3.71. The van der Waals surface area contributed by atoms with Gasteiger partial charge in [-0.1, -0.05) is 24.3 Å². The van der Waals surface area contributed by atoms with E-state index in [1.807, 2.05) is 30.3 Å². The Morgan fingerprint density at radius 2 is 2.38 bits per heavy atom. The van der Waals surface area contributed by atoms with Gasteiger partial charge < -0.3 is 10.6 Å². The predicted molar refractivity (Wildman–Crippen MR) is 59.5 cm³/mol. The zero-order valence-corrected chi connectivity index (χ0v) is 8.86. The summed E-state index contributed by atoms with van der Waals surface area (Å²) in [6.45, 7) is 0.848. The molecule has 1 atom stereocenters. The fourth-order valence-corrected chi connectivity index (χ4v) is 1.97. The van der Waals surface area contributed by atoms with Crippen molar-refractivity contribution in [2.24, 2.45) is 0 Å². The Hall–Kier alpha value is -1.86. The Kier molecular flexibility index (Phi) is 3.18. The average molecular weight is 215 g/mol. The number of rotatable bonds is 2. The first-order chi connectivity index (χ1) is 7.83. The lowest BCUT2D eigenvalue weighted by Gasteiger charge is -2.25. The molecule has 16 heavy (non-hydrogen) atoms. The van der Waals surface area contributed by atoms with E-state index in [1.165, 1.54) is 5.56 Å². The molecule has 82 valence electrons. The van der Waals surface area contributed by atoms with E-state index in [9.17, 15) is 4.79 Å². The normalized spacial score (nSPS) is 18.3. The maximum absolute atomic E-state index is 11.8. The second kappa shape index (κ2) is 4.77. The molecule has 0 radical (unpaired) electrons. The molecule has 0 spiro atoms. The number of carbonyl (C=O) groups excluding carboxylic acids is 1. The number of amides is 1. The van der Waals surface area contributed by atoms with Crippen LogP contribution in [-0.4, -0.2) is 19.0 Å². The van der Waals surface area contributed by atoms with E-state index in [0.717, 1.165) is 18.5 Å². The third-order valence-corrected chi connectivity index (χ3v) is 2.71. The van der Waals surface area contributed by atoms with Crippen LogP contribution in [0.4, 0.5) is 0 Å². The van der Waals surface area contributed by atoms with Crippen molar-refractivity contribution in [1.29, 1.82) is 5.26 Å². The van der Waals surface area contributed by atoms with E-state index in [-0.39, 0.29) is 18.5 Å². The summed E-state index contributed by atoms with van der Waals surface area (Å²) in [7, 11) is 0. The van der Waals surface area contributed by atoms with E-state index in [2.05, 4.69) is 10.6 Å². The molecule has 1 heterocycles. The van der Waals surface area contributed by atoms with Gasteiger partial charge in [0.25, 0.3) is 0 Å². The van der Waals surface area contributed by atoms with Gasteiger partial charge in [0.15, 0.2) is 0 Å². The molecule has 0 aromatic heterocycles. The quantitative estimate of drug-likeness (QED) is 0.707. The van der Waals surface area contributed by atoms with Crippen molar-refractivity contribution in [3.05, 3.63) is 35.4 Å². The highest BCUT2D eigenvalue weighted by Gasteiger charge is 2.24. The van der Waals surface area contributed by atoms with Crippen LogP contribution in [0.5, 0.6) is 0 Å². The lowest BCUT2D eigenvalue weighted by atomic mass is 9.94. The number of fused-ring (bicyclic) bond motifs is 1. The van der Waals surface area contributed by atoms with Gasteiger partial charge in [0.1, 0.15) is 12.6 Å². The first kappa shape index (κ1) is 10.7. The molecule has 1 aliphatic rings. The average Bonchev–Trinajstić information content (AvgIpc) is 2.35. The van der Waals surface area contributed by atoms with Crippen molar-refractivity contribution in [3.63, 3.8) is 0 Å². The van der Waals surface area contributed by atoms with Gasteiger partial charge in [0.05, 0.1) is 6.07 Å². The van der Waals surface area contributed by atoms with Crippen molar-refractivity contribution in [3.8, 4) is 6.07 Å². The zero-order valence-electron chi connectivity index (χ0n) is 8.86. The van der Waals surface area contributed by atoms with E-state index in [0.29, 0.717) is 0 Å². The molecular weight excluding hydrogens is 202 g/mol. The van der Waals surface area contributed by atoms with Crippen LogP contribution >= 0.6 is 0 Å². The van der Waals surface area contributed by atoms with E-state index < -0.39 is 0 Å². The molecule has 2 rings (SSSR count). The molecule has 4 heteroatoms. The van der Waals surface area contributed by atoms with Crippen LogP contribution in [0.2, 0.25) is 0 Å². The number of carbonyl (C=O) groups is 1. The summed E-state index contributed by atoms with van der Waals surface area (Å²) >= 11 is 0. The van der Waals surface area contributed by atoms with Gasteiger partial charge in [-0.3, -0.25) is 4.79 Å². The van der Waals surface area contributed by atoms with Crippen LogP contribution in [0.1, 0.15) is 17.2 Å². The van der Waals surface area contributed by atoms with Crippen LogP contribution in [0.25, 0.3) is 0 Å². The summed E-state index contributed by atoms with van der Waals surface area (Å²) in [5.74, 6) is -0.131. The van der Waals surface area contributed by atoms with E-state index >= 15 is 0 Å². The molecule has 0 saturated carbocycles. The summed E-state index contributed by atoms with van der Waals surface area (Å²) < 4.78 is 0. The number of benzene rings is 1. The molecule has 1 aliphatic heterocycles. The Morgan fingerprint density at radius 1 is 1.56 bits per heavy atom. The van der Waals surface area contributed by atoms with E-state index in [1.54, 1.807) is 0 Å². The van der Waals surface area contributed by atoms with Gasteiger partial charge in [-0.2, -0.15) is 5.26 Å². The highest BCUT2D eigenvalue weighted by Crippen LogP contribution is 2.22. The number of nitriles is 1. The lowest BCUT2D eigenvalue weighted by Crippen LogP contribution is -2.41. The summed E-state index contributed by atoms with van der Waals surface area (Å²) in [5, 5.41) is 14.2. The van der Waals surface area contributed by atoms with Crippen molar-refractivity contribution in [2.45, 2.75) is 12.5 Å². The Balaban J connectivity index is 2.19. The third-order valence-electron chi connectivity index (χ3n) is 2.71. The molecule has 0 saturated heterocycles. The summed E-state index contributed by atoms with van der Waals surface area (Å²) in [6, 6.07) is 9.49. The molecular formula is C12H13N3O. The maximum atomic E-state index is 11.8. The fourth-order valence-electron chi connectivity index (χ4n) is 1.97. The Morgan fingerprint density at radius 3 is 3.19 bits per heavy atom. The van der Waals surface area contributed by atoms with Gasteiger partial charge in [0.2, 0.25) is 5.91 Å². The smallest absolute Gasteiger partial charge is 0.242 e. The van der Waals surface area contributed by atoms with Crippen LogP contribution in [0.15, 0.2) is 24.3 Å². The van der Waals surface area contributed by atoms with Gasteiger partial charge in [0, 0.05) is 6.54 Å². The monoisotopic (exact) mass is 215 g/mol. The van der Waals surface area contributed by atoms with Crippen molar-refractivity contribution >= 4 is 5.91 Å². The maximum Gasteiger partial charge on any atom is 0.242 e. The molecule has 0 aliphatic carbocycles. The van der Waals surface area contributed by atoms with Crippen LogP contribution in [0.3, 0.4) is 0 Å². The molecule has 1 aromatic rings. The van der Waals surface area contributed by atoms with E-state index in [4.69, 9.17) is 5.26 Å². The van der Waals surface area contributed by atoms with Gasteiger partial charge in [-0.25, -0.2) is 0 Å². The van der Waals surface area contributed by atoms with Crippen molar-refractivity contribution in [1.82, 2.24) is 10.6 Å². The highest BCUT2D eigenvalue weighted by atomic mass is 16.2. The molecule has 1 unspecified atom stereocenters. The highest BCUT2D eigenvalue weighted by molar-refractivity contribution is 5.84. The molecule has 1 aromatic carbocycles. The van der Waals surface area contributed by atoms with Gasteiger partial charge >= 0.3 is 0 Å². The molecule has 4 nitrogen and oxygen atoms in total. The number of hydrogen-bond donors (Lipinski definition) is 2. The number of nitrogens with zero attached hydrogens (tertiary/aromatic N) is 1. The minimum absolute atomic E-state index is 0.0547. The van der Waals surface area contributed by atoms with Gasteiger partial charge in [-0.05, 0) is 17.5 Å². The van der Waals surface area contributed by atoms with Gasteiger partial charge in [-0.15, -0.1) is 0 Å². The van der Waals surface area contributed by atoms with Crippen molar-refractivity contribution in [2.75, 3.05) is 13.1 Å². The van der Waals surface area contributed by atoms with Crippen LogP contribution in [0, 0.1) is 11.3 Å². The Bertz CT molecular complexity index is 436. The second-order valence-corrected chi connectivity index (χ2v) is 3.71. The van der Waals surface area contributed by atoms with Crippen LogP contribution < -0.4 is 10.6 Å². The predicted octanol–water partition coefficient (Wildman–Crippen LogP) is 0.513. The minimum Gasteiger partial charge on any atom is -0.341 e. The summed E-state index contributed by atoms with van der Waals surface area (Å²) in [4.78, 5) is 11.8. The number of nitrogens with one attached hydrogen (secondary N) is 2.